The first-order chi connectivity index (χ1) is 12.4. The van der Waals surface area contributed by atoms with Gasteiger partial charge in [0.2, 0.25) is 17.7 Å². The van der Waals surface area contributed by atoms with Gasteiger partial charge in [-0.05, 0) is 43.4 Å². The zero-order valence-electron chi connectivity index (χ0n) is 14.9. The van der Waals surface area contributed by atoms with Crippen LogP contribution < -0.4 is 5.32 Å². The molecule has 3 rings (SSSR count). The van der Waals surface area contributed by atoms with E-state index in [0.29, 0.717) is 24.9 Å². The number of carbonyl (C=O) groups is 3. The van der Waals surface area contributed by atoms with Gasteiger partial charge in [0.15, 0.2) is 0 Å². The van der Waals surface area contributed by atoms with Gasteiger partial charge in [0.1, 0.15) is 6.04 Å². The SMILES string of the molecule is CC(C)CC(C(=O)Nc1cccc(Br)c1)N1C(=O)C2CC=CCC2C1=O. The third-order valence-electron chi connectivity index (χ3n) is 4.94. The number of anilines is 1. The minimum Gasteiger partial charge on any atom is -0.324 e. The molecule has 1 heterocycles. The number of hydrogen-bond acceptors (Lipinski definition) is 3. The van der Waals surface area contributed by atoms with Crippen LogP contribution in [0.15, 0.2) is 40.9 Å². The highest BCUT2D eigenvalue weighted by Gasteiger charge is 2.51. The molecule has 1 aliphatic carbocycles. The van der Waals surface area contributed by atoms with Crippen molar-refractivity contribution in [3.05, 3.63) is 40.9 Å². The van der Waals surface area contributed by atoms with Crippen LogP contribution in [-0.4, -0.2) is 28.7 Å². The molecule has 138 valence electrons. The van der Waals surface area contributed by atoms with Crippen LogP contribution in [0.1, 0.15) is 33.1 Å². The van der Waals surface area contributed by atoms with E-state index in [0.717, 1.165) is 4.47 Å². The van der Waals surface area contributed by atoms with E-state index < -0.39 is 6.04 Å². The zero-order valence-corrected chi connectivity index (χ0v) is 16.5. The molecule has 3 amide bonds. The van der Waals surface area contributed by atoms with E-state index in [1.165, 1.54) is 4.90 Å². The number of rotatable bonds is 5. The summed E-state index contributed by atoms with van der Waals surface area (Å²) < 4.78 is 0.848. The number of hydrogen-bond donors (Lipinski definition) is 1. The summed E-state index contributed by atoms with van der Waals surface area (Å²) in [6, 6.07) is 6.49. The number of likely N-dealkylation sites (tertiary alicyclic amines) is 1. The summed E-state index contributed by atoms with van der Waals surface area (Å²) in [5.74, 6) is -1.19. The van der Waals surface area contributed by atoms with Crippen LogP contribution >= 0.6 is 15.9 Å². The molecule has 0 bridgehead atoms. The van der Waals surface area contributed by atoms with E-state index in [-0.39, 0.29) is 35.5 Å². The summed E-state index contributed by atoms with van der Waals surface area (Å²) in [6.45, 7) is 3.97. The van der Waals surface area contributed by atoms with E-state index in [1.54, 1.807) is 12.1 Å². The maximum absolute atomic E-state index is 13.0. The fourth-order valence-electron chi connectivity index (χ4n) is 3.70. The van der Waals surface area contributed by atoms with Crippen LogP contribution in [0, 0.1) is 17.8 Å². The topological polar surface area (TPSA) is 66.5 Å². The molecular formula is C20H23BrN2O3. The van der Waals surface area contributed by atoms with Crippen molar-refractivity contribution in [2.45, 2.75) is 39.2 Å². The minimum atomic E-state index is -0.778. The second-order valence-electron chi connectivity index (χ2n) is 7.35. The Bertz CT molecular complexity index is 733. The highest BCUT2D eigenvalue weighted by atomic mass is 79.9. The highest BCUT2D eigenvalue weighted by molar-refractivity contribution is 9.10. The second kappa shape index (κ2) is 7.74. The molecule has 1 aromatic carbocycles. The van der Waals surface area contributed by atoms with Crippen LogP contribution in [0.3, 0.4) is 0 Å². The number of halogens is 1. The quantitative estimate of drug-likeness (QED) is 0.584. The zero-order chi connectivity index (χ0) is 18.8. The van der Waals surface area contributed by atoms with Crippen molar-refractivity contribution in [3.8, 4) is 0 Å². The molecule has 26 heavy (non-hydrogen) atoms. The third kappa shape index (κ3) is 3.75. The molecule has 3 atom stereocenters. The Kier molecular flexibility index (Phi) is 5.61. The minimum absolute atomic E-state index is 0.176. The Labute approximate surface area is 162 Å². The molecule has 1 saturated heterocycles. The Balaban J connectivity index is 1.84. The van der Waals surface area contributed by atoms with Crippen molar-refractivity contribution in [1.82, 2.24) is 4.90 Å². The monoisotopic (exact) mass is 418 g/mol. The summed E-state index contributed by atoms with van der Waals surface area (Å²) in [5, 5.41) is 2.86. The molecule has 0 aromatic heterocycles. The summed E-state index contributed by atoms with van der Waals surface area (Å²) in [7, 11) is 0. The lowest BCUT2D eigenvalue weighted by molar-refractivity contribution is -0.147. The Morgan fingerprint density at radius 3 is 2.35 bits per heavy atom. The van der Waals surface area contributed by atoms with Crippen molar-refractivity contribution < 1.29 is 14.4 Å². The molecule has 1 aliphatic heterocycles. The van der Waals surface area contributed by atoms with Gasteiger partial charge in [-0.1, -0.05) is 48.0 Å². The van der Waals surface area contributed by atoms with Crippen LogP contribution in [0.2, 0.25) is 0 Å². The molecule has 0 radical (unpaired) electrons. The lowest BCUT2D eigenvalue weighted by Crippen LogP contribution is -2.48. The predicted octanol–water partition coefficient (Wildman–Crippen LogP) is 3.75. The maximum Gasteiger partial charge on any atom is 0.247 e. The van der Waals surface area contributed by atoms with Gasteiger partial charge >= 0.3 is 0 Å². The van der Waals surface area contributed by atoms with Gasteiger partial charge in [0.05, 0.1) is 11.8 Å². The van der Waals surface area contributed by atoms with Gasteiger partial charge in [-0.25, -0.2) is 0 Å². The van der Waals surface area contributed by atoms with Crippen LogP contribution in [0.25, 0.3) is 0 Å². The molecule has 6 heteroatoms. The first kappa shape index (κ1) is 18.8. The fourth-order valence-corrected chi connectivity index (χ4v) is 4.10. The van der Waals surface area contributed by atoms with Crippen molar-refractivity contribution >= 4 is 39.3 Å². The van der Waals surface area contributed by atoms with Crippen LogP contribution in [0.4, 0.5) is 5.69 Å². The van der Waals surface area contributed by atoms with E-state index >= 15 is 0 Å². The van der Waals surface area contributed by atoms with Gasteiger partial charge in [0.25, 0.3) is 0 Å². The van der Waals surface area contributed by atoms with Crippen molar-refractivity contribution in [2.24, 2.45) is 17.8 Å². The average molecular weight is 419 g/mol. The molecule has 1 fully saturated rings. The lowest BCUT2D eigenvalue weighted by Gasteiger charge is -2.27. The number of carbonyl (C=O) groups excluding carboxylic acids is 3. The number of benzene rings is 1. The maximum atomic E-state index is 13.0. The molecule has 2 aliphatic rings. The lowest BCUT2D eigenvalue weighted by atomic mass is 9.85. The van der Waals surface area contributed by atoms with Crippen LogP contribution in [-0.2, 0) is 14.4 Å². The average Bonchev–Trinajstić information content (AvgIpc) is 2.84. The molecule has 3 unspecified atom stereocenters. The van der Waals surface area contributed by atoms with Crippen LogP contribution in [0.5, 0.6) is 0 Å². The number of imide groups is 1. The Morgan fingerprint density at radius 2 is 1.81 bits per heavy atom. The number of amides is 3. The molecule has 0 spiro atoms. The van der Waals surface area contributed by atoms with Gasteiger partial charge in [0, 0.05) is 10.2 Å². The molecule has 1 aromatic rings. The third-order valence-corrected chi connectivity index (χ3v) is 5.44. The van der Waals surface area contributed by atoms with E-state index in [1.807, 2.05) is 38.1 Å². The molecule has 1 N–H and O–H groups in total. The summed E-state index contributed by atoms with van der Waals surface area (Å²) in [5.41, 5.74) is 0.635. The second-order valence-corrected chi connectivity index (χ2v) is 8.26. The first-order valence-corrected chi connectivity index (χ1v) is 9.76. The highest BCUT2D eigenvalue weighted by Crippen LogP contribution is 2.37. The molecule has 5 nitrogen and oxygen atoms in total. The first-order valence-electron chi connectivity index (χ1n) is 8.97. The smallest absolute Gasteiger partial charge is 0.247 e. The summed E-state index contributed by atoms with van der Waals surface area (Å²) >= 11 is 3.38. The normalized spacial score (nSPS) is 23.3. The number of nitrogens with zero attached hydrogens (tertiary/aromatic N) is 1. The Hall–Kier alpha value is -1.95. The van der Waals surface area contributed by atoms with Gasteiger partial charge in [-0.2, -0.15) is 0 Å². The van der Waals surface area contributed by atoms with E-state index in [4.69, 9.17) is 0 Å². The number of allylic oxidation sites excluding steroid dienone is 2. The largest absolute Gasteiger partial charge is 0.324 e. The summed E-state index contributed by atoms with van der Waals surface area (Å²) in [4.78, 5) is 39.9. The van der Waals surface area contributed by atoms with Gasteiger partial charge in [-0.3, -0.25) is 19.3 Å². The van der Waals surface area contributed by atoms with Crippen molar-refractivity contribution in [1.29, 1.82) is 0 Å². The van der Waals surface area contributed by atoms with E-state index in [2.05, 4.69) is 21.2 Å². The number of fused-ring (bicyclic) bond motifs is 1. The standard InChI is InChI=1S/C20H23BrN2O3/c1-12(2)10-17(18(24)22-14-7-5-6-13(21)11-14)23-19(25)15-8-3-4-9-16(15)20(23)26/h3-7,11-12,15-17H,8-10H2,1-2H3,(H,22,24). The van der Waals surface area contributed by atoms with Crippen molar-refractivity contribution in [3.63, 3.8) is 0 Å². The van der Waals surface area contributed by atoms with Gasteiger partial charge in [-0.15, -0.1) is 0 Å². The molecule has 0 saturated carbocycles. The predicted molar refractivity (Wildman–Crippen MR) is 103 cm³/mol. The molecular weight excluding hydrogens is 396 g/mol. The van der Waals surface area contributed by atoms with E-state index in [9.17, 15) is 14.4 Å². The van der Waals surface area contributed by atoms with Crippen molar-refractivity contribution in [2.75, 3.05) is 5.32 Å². The summed E-state index contributed by atoms with van der Waals surface area (Å²) in [6.07, 6.45) is 5.51. The van der Waals surface area contributed by atoms with Gasteiger partial charge < -0.3 is 5.32 Å². The fraction of sp³-hybridized carbons (Fsp3) is 0.450. The Morgan fingerprint density at radius 1 is 1.19 bits per heavy atom. The number of nitrogens with one attached hydrogen (secondary N) is 1.